The lowest BCUT2D eigenvalue weighted by Gasteiger charge is -2.34. The fraction of sp³-hybridized carbons (Fsp3) is 0.441. The molecule has 12 heterocycles. The first kappa shape index (κ1) is 69.0. The lowest BCUT2D eigenvalue weighted by atomic mass is 9.91. The van der Waals surface area contributed by atoms with Crippen molar-refractivity contribution in [2.24, 2.45) is 22.7 Å². The van der Waals surface area contributed by atoms with E-state index in [1.165, 1.54) is 57.9 Å². The Bertz CT molecular complexity index is 4290. The SMILES string of the molecule is CC1(C)C[C@@H]2CCC(c3ccccn3)Nc3cccc(n3)S(=O)(=O)NC(=O)c3ccc(-n4ccc(OCCC5(C(F)(F)F)CC5)n4)nc3N1C2.CC1(C)C[C@@H]2CCC(c3ccccn3)Nc3cccc(n3)S(=O)(=O)NC(=O)c3ccc(-n4ccc(OCCC5(C(F)(F)F)CC5)n4)nc3N1C2. The number of hydrogen-bond donors (Lipinski definition) is 4. The second-order valence-corrected chi connectivity index (χ2v) is 30.9. The highest BCUT2D eigenvalue weighted by molar-refractivity contribution is 7.90. The van der Waals surface area contributed by atoms with Gasteiger partial charge in [-0.1, -0.05) is 24.3 Å². The first-order chi connectivity index (χ1) is 47.5. The van der Waals surface area contributed by atoms with Crippen molar-refractivity contribution in [1.29, 1.82) is 0 Å². The van der Waals surface area contributed by atoms with E-state index in [1.54, 1.807) is 49.1 Å². The maximum atomic E-state index is 13.8. The number of sulfonamides is 2. The predicted molar refractivity (Wildman–Crippen MR) is 355 cm³/mol. The summed E-state index contributed by atoms with van der Waals surface area (Å²) in [6.45, 7) is 9.04. The first-order valence-corrected chi connectivity index (χ1v) is 35.9. The number of fused-ring (bicyclic) bond motifs is 12. The van der Waals surface area contributed by atoms with Gasteiger partial charge in [0.15, 0.2) is 21.7 Å². The molecule has 2 saturated heterocycles. The van der Waals surface area contributed by atoms with E-state index in [0.717, 1.165) is 37.1 Å². The van der Waals surface area contributed by atoms with Gasteiger partial charge in [0.1, 0.15) is 23.3 Å². The Morgan fingerprint density at radius 3 is 1.29 bits per heavy atom. The number of ether oxygens (including phenoxy) is 2. The van der Waals surface area contributed by atoms with Crippen molar-refractivity contribution in [3.8, 4) is 23.4 Å². The van der Waals surface area contributed by atoms with E-state index in [1.807, 2.05) is 46.2 Å². The van der Waals surface area contributed by atoms with Gasteiger partial charge >= 0.3 is 12.4 Å². The fourth-order valence-electron chi connectivity index (χ4n) is 13.8. The summed E-state index contributed by atoms with van der Waals surface area (Å²) in [6.07, 6.45) is 2.63. The Hall–Kier alpha value is -9.46. The number of halogens is 6. The van der Waals surface area contributed by atoms with Gasteiger partial charge in [-0.3, -0.25) is 19.6 Å². The molecule has 24 nitrogen and oxygen atoms in total. The van der Waals surface area contributed by atoms with Crippen molar-refractivity contribution in [1.82, 2.24) is 58.9 Å². The standard InChI is InChI=1S/2C34H37F3N8O4S/c2*1-32(2)20-22-9-11-25(24-6-3-4-17-38-24)39-26-7-5-8-29(40-26)50(47,48)43-31(46)23-10-12-27(41-30(23)44(32)21-22)45-18-13-28(42-45)49-19-16-33(14-15-33)34(35,36)37/h2*3-8,10,12-13,17-18,22,25H,9,11,14-16,19-21H2,1-2H3,(H,39,40)(H,43,46)/t2*22-,25?/m00/s1. The molecule has 2 aliphatic carbocycles. The summed E-state index contributed by atoms with van der Waals surface area (Å²) >= 11 is 0. The van der Waals surface area contributed by atoms with Crippen LogP contribution < -0.4 is 39.4 Å². The largest absolute Gasteiger partial charge is 0.477 e. The van der Waals surface area contributed by atoms with Crippen LogP contribution in [0, 0.1) is 22.7 Å². The van der Waals surface area contributed by atoms with E-state index in [2.05, 4.69) is 77.9 Å². The molecule has 2 saturated carbocycles. The van der Waals surface area contributed by atoms with Gasteiger partial charge in [-0.05, 0) is 189 Å². The highest BCUT2D eigenvalue weighted by atomic mass is 32.2. The lowest BCUT2D eigenvalue weighted by Crippen LogP contribution is -2.41. The molecule has 4 aliphatic heterocycles. The van der Waals surface area contributed by atoms with E-state index < -0.39 is 66.1 Å². The summed E-state index contributed by atoms with van der Waals surface area (Å²) in [7, 11) is -8.79. The van der Waals surface area contributed by atoms with Crippen molar-refractivity contribution >= 4 is 55.1 Å². The molecule has 14 rings (SSSR count). The number of carbonyl (C=O) groups is 2. The maximum Gasteiger partial charge on any atom is 0.394 e. The predicted octanol–water partition coefficient (Wildman–Crippen LogP) is 11.7. The van der Waals surface area contributed by atoms with Crippen molar-refractivity contribution in [3.05, 3.63) is 156 Å². The molecule has 8 bridgehead atoms. The normalized spacial score (nSPS) is 22.3. The average Bonchev–Trinajstić information content (AvgIpc) is 1.62. The highest BCUT2D eigenvalue weighted by Gasteiger charge is 2.63. The molecule has 8 aromatic heterocycles. The molecule has 2 amide bonds. The molecule has 528 valence electrons. The van der Waals surface area contributed by atoms with Gasteiger partial charge in [0.2, 0.25) is 11.8 Å². The van der Waals surface area contributed by atoms with Crippen molar-refractivity contribution in [2.45, 2.75) is 150 Å². The van der Waals surface area contributed by atoms with Crippen LogP contribution in [0.1, 0.15) is 149 Å². The summed E-state index contributed by atoms with van der Waals surface area (Å²) in [4.78, 5) is 59.0. The Labute approximate surface area is 573 Å². The number of nitrogens with zero attached hydrogens (tertiary/aromatic N) is 12. The molecular weight excluding hydrogens is 1350 g/mol. The fourth-order valence-corrected chi connectivity index (χ4v) is 15.7. The quantitative estimate of drug-likeness (QED) is 0.0827. The minimum Gasteiger partial charge on any atom is -0.477 e. The van der Waals surface area contributed by atoms with Crippen molar-refractivity contribution in [2.75, 3.05) is 46.7 Å². The molecule has 100 heavy (non-hydrogen) atoms. The summed E-state index contributed by atoms with van der Waals surface area (Å²) < 4.78 is 152. The minimum atomic E-state index is -4.40. The Morgan fingerprint density at radius 1 is 0.510 bits per heavy atom. The van der Waals surface area contributed by atoms with Crippen LogP contribution in [0.15, 0.2) is 144 Å². The number of pyridine rings is 6. The molecule has 0 spiro atoms. The van der Waals surface area contributed by atoms with E-state index in [4.69, 9.17) is 19.4 Å². The maximum absolute atomic E-state index is 13.8. The van der Waals surface area contributed by atoms with Gasteiger partial charge in [-0.25, -0.2) is 38.7 Å². The van der Waals surface area contributed by atoms with Crippen LogP contribution in [-0.4, -0.2) is 128 Å². The number of carbonyl (C=O) groups excluding carboxylic acids is 2. The smallest absolute Gasteiger partial charge is 0.394 e. The number of anilines is 4. The Balaban J connectivity index is 0.000000179. The summed E-state index contributed by atoms with van der Waals surface area (Å²) in [5.74, 6) is 0.771. The van der Waals surface area contributed by atoms with Crippen LogP contribution in [0.25, 0.3) is 11.6 Å². The third kappa shape index (κ3) is 14.7. The van der Waals surface area contributed by atoms with Crippen LogP contribution in [0.4, 0.5) is 49.6 Å². The second-order valence-electron chi connectivity index (χ2n) is 27.7. The van der Waals surface area contributed by atoms with Crippen LogP contribution >= 0.6 is 0 Å². The van der Waals surface area contributed by atoms with Crippen LogP contribution in [0.5, 0.6) is 11.8 Å². The molecule has 4 atom stereocenters. The zero-order valence-electron chi connectivity index (χ0n) is 55.0. The van der Waals surface area contributed by atoms with Crippen molar-refractivity contribution in [3.63, 3.8) is 0 Å². The number of alkyl halides is 6. The zero-order valence-corrected chi connectivity index (χ0v) is 56.7. The third-order valence-corrected chi connectivity index (χ3v) is 22.2. The number of rotatable bonds is 12. The Kier molecular flexibility index (Phi) is 18.3. The number of hydrogen-bond acceptors (Lipinski definition) is 20. The second kappa shape index (κ2) is 26.6. The van der Waals surface area contributed by atoms with Gasteiger partial charge in [0, 0.05) is 61.1 Å². The molecule has 8 aromatic rings. The van der Waals surface area contributed by atoms with E-state index >= 15 is 0 Å². The molecular formula is C68H74F6N16O8S2. The zero-order chi connectivity index (χ0) is 70.6. The van der Waals surface area contributed by atoms with E-state index in [-0.39, 0.29) is 120 Å². The van der Waals surface area contributed by atoms with Gasteiger partial charge in [-0.2, -0.15) is 43.2 Å². The number of amides is 2. The van der Waals surface area contributed by atoms with Gasteiger partial charge in [0.25, 0.3) is 31.9 Å². The molecule has 4 fully saturated rings. The topological polar surface area (TPSA) is 288 Å². The molecule has 2 unspecified atom stereocenters. The summed E-state index contributed by atoms with van der Waals surface area (Å²) in [5.41, 5.74) is -2.60. The van der Waals surface area contributed by atoms with Crippen LogP contribution in [-0.2, 0) is 20.0 Å². The number of nitrogens with one attached hydrogen (secondary N) is 4. The molecule has 6 aliphatic rings. The lowest BCUT2D eigenvalue weighted by molar-refractivity contribution is -0.190. The highest BCUT2D eigenvalue weighted by Crippen LogP contribution is 2.61. The molecule has 4 N–H and O–H groups in total. The van der Waals surface area contributed by atoms with Gasteiger partial charge < -0.3 is 29.9 Å². The van der Waals surface area contributed by atoms with E-state index in [0.29, 0.717) is 49.2 Å². The summed E-state index contributed by atoms with van der Waals surface area (Å²) in [6, 6.07) is 29.0. The minimum absolute atomic E-state index is 0.0482. The summed E-state index contributed by atoms with van der Waals surface area (Å²) in [5, 5.41) is 14.8. The number of aromatic nitrogens is 10. The van der Waals surface area contributed by atoms with Gasteiger partial charge in [-0.15, -0.1) is 10.2 Å². The van der Waals surface area contributed by atoms with Gasteiger partial charge in [0.05, 0.1) is 58.6 Å². The average molecular weight is 1420 g/mol. The van der Waals surface area contributed by atoms with Crippen LogP contribution in [0.3, 0.4) is 0 Å². The van der Waals surface area contributed by atoms with Crippen molar-refractivity contribution < 1.29 is 62.2 Å². The molecule has 32 heteroatoms. The van der Waals surface area contributed by atoms with E-state index in [9.17, 15) is 52.8 Å². The Morgan fingerprint density at radius 2 is 0.920 bits per heavy atom. The van der Waals surface area contributed by atoms with Crippen LogP contribution in [0.2, 0.25) is 0 Å². The first-order valence-electron chi connectivity index (χ1n) is 33.0. The molecule has 0 aromatic carbocycles. The molecule has 0 radical (unpaired) electrons. The monoisotopic (exact) mass is 1420 g/mol. The third-order valence-electron chi connectivity index (χ3n) is 19.7.